The summed E-state index contributed by atoms with van der Waals surface area (Å²) in [5.41, 5.74) is 5.41. The number of hydrogen-bond donors (Lipinski definition) is 2. The van der Waals surface area contributed by atoms with Crippen molar-refractivity contribution >= 4 is 22.3 Å². The molecule has 0 aliphatic heterocycles. The van der Waals surface area contributed by atoms with Gasteiger partial charge in [-0.15, -0.1) is 0 Å². The minimum atomic E-state index is -0.0146. The number of fused-ring (bicyclic) bond motifs is 1. The third kappa shape index (κ3) is 3.97. The van der Waals surface area contributed by atoms with E-state index in [1.807, 2.05) is 30.5 Å². The number of rotatable bonds is 8. The van der Waals surface area contributed by atoms with E-state index in [-0.39, 0.29) is 13.2 Å². The number of hydrogen-bond acceptors (Lipinski definition) is 4. The number of pyridine rings is 1. The van der Waals surface area contributed by atoms with Crippen molar-refractivity contribution in [1.29, 1.82) is 0 Å². The normalized spacial score (nSPS) is 10.9. The summed E-state index contributed by atoms with van der Waals surface area (Å²) in [5.74, 6) is 0.700. The molecule has 0 saturated carbocycles. The summed E-state index contributed by atoms with van der Waals surface area (Å²) < 4.78 is 5.68. The second kappa shape index (κ2) is 8.68. The van der Waals surface area contributed by atoms with E-state index in [0.717, 1.165) is 41.5 Å². The van der Waals surface area contributed by atoms with Gasteiger partial charge in [0.25, 0.3) is 0 Å². The maximum atomic E-state index is 9.06. The van der Waals surface area contributed by atoms with E-state index in [9.17, 15) is 0 Å². The molecule has 2 aromatic carbocycles. The summed E-state index contributed by atoms with van der Waals surface area (Å²) in [7, 11) is 0. The van der Waals surface area contributed by atoms with Crippen molar-refractivity contribution in [3.8, 4) is 5.75 Å². The number of benzene rings is 2. The third-order valence-corrected chi connectivity index (χ3v) is 4.49. The van der Waals surface area contributed by atoms with Crippen LogP contribution in [-0.2, 0) is 6.42 Å². The summed E-state index contributed by atoms with van der Waals surface area (Å²) in [5, 5.41) is 13.7. The Hall–Kier alpha value is -2.59. The van der Waals surface area contributed by atoms with Crippen LogP contribution in [0.15, 0.2) is 48.7 Å². The number of unbranched alkanes of at least 4 members (excludes halogenated alkanes) is 1. The number of aryl methyl sites for hydroxylation is 2. The molecule has 0 bridgehead atoms. The van der Waals surface area contributed by atoms with Crippen LogP contribution in [0.2, 0.25) is 0 Å². The lowest BCUT2D eigenvalue weighted by Gasteiger charge is -2.17. The Morgan fingerprint density at radius 1 is 1.12 bits per heavy atom. The molecule has 1 heterocycles. The first-order valence-electron chi connectivity index (χ1n) is 9.21. The Bertz CT molecular complexity index is 877. The highest BCUT2D eigenvalue weighted by atomic mass is 16.5. The zero-order chi connectivity index (χ0) is 18.4. The van der Waals surface area contributed by atoms with Crippen molar-refractivity contribution in [2.75, 3.05) is 18.5 Å². The van der Waals surface area contributed by atoms with E-state index in [4.69, 9.17) is 9.84 Å². The number of anilines is 2. The molecule has 1 aromatic heterocycles. The molecule has 3 rings (SSSR count). The fourth-order valence-corrected chi connectivity index (χ4v) is 3.06. The monoisotopic (exact) mass is 350 g/mol. The largest absolute Gasteiger partial charge is 0.489 e. The fourth-order valence-electron chi connectivity index (χ4n) is 3.06. The molecule has 2 N–H and O–H groups in total. The minimum Gasteiger partial charge on any atom is -0.489 e. The van der Waals surface area contributed by atoms with Gasteiger partial charge in [0.05, 0.1) is 12.3 Å². The first-order valence-corrected chi connectivity index (χ1v) is 9.21. The van der Waals surface area contributed by atoms with Gasteiger partial charge in [0, 0.05) is 17.3 Å². The average molecular weight is 350 g/mol. The molecule has 0 aliphatic carbocycles. The van der Waals surface area contributed by atoms with Crippen LogP contribution >= 0.6 is 0 Å². The van der Waals surface area contributed by atoms with E-state index < -0.39 is 0 Å². The quantitative estimate of drug-likeness (QED) is 0.600. The van der Waals surface area contributed by atoms with Crippen LogP contribution in [-0.4, -0.2) is 23.3 Å². The maximum Gasteiger partial charge on any atom is 0.145 e. The van der Waals surface area contributed by atoms with Gasteiger partial charge in [-0.25, -0.2) is 0 Å². The molecule has 0 spiro atoms. The van der Waals surface area contributed by atoms with Crippen molar-refractivity contribution in [1.82, 2.24) is 4.98 Å². The molecule has 0 fully saturated rings. The topological polar surface area (TPSA) is 54.4 Å². The van der Waals surface area contributed by atoms with Gasteiger partial charge < -0.3 is 15.2 Å². The maximum absolute atomic E-state index is 9.06. The molecule has 0 saturated heterocycles. The van der Waals surface area contributed by atoms with Gasteiger partial charge in [0.1, 0.15) is 17.9 Å². The zero-order valence-corrected chi connectivity index (χ0v) is 15.5. The lowest BCUT2D eigenvalue weighted by Crippen LogP contribution is -2.04. The summed E-state index contributed by atoms with van der Waals surface area (Å²) in [6.07, 6.45) is 5.19. The van der Waals surface area contributed by atoms with Gasteiger partial charge in [0.2, 0.25) is 0 Å². The number of ether oxygens (including phenoxy) is 1. The van der Waals surface area contributed by atoms with Gasteiger partial charge >= 0.3 is 0 Å². The highest BCUT2D eigenvalue weighted by Gasteiger charge is 2.13. The first kappa shape index (κ1) is 18.2. The van der Waals surface area contributed by atoms with Crippen LogP contribution in [0, 0.1) is 6.92 Å². The third-order valence-electron chi connectivity index (χ3n) is 4.49. The van der Waals surface area contributed by atoms with Gasteiger partial charge in [-0.05, 0) is 43.0 Å². The Morgan fingerprint density at radius 2 is 1.96 bits per heavy atom. The molecule has 136 valence electrons. The predicted molar refractivity (Wildman–Crippen MR) is 107 cm³/mol. The van der Waals surface area contributed by atoms with Crippen LogP contribution in [0.5, 0.6) is 5.75 Å². The van der Waals surface area contributed by atoms with Crippen LogP contribution in [0.25, 0.3) is 10.9 Å². The summed E-state index contributed by atoms with van der Waals surface area (Å²) >= 11 is 0. The van der Waals surface area contributed by atoms with Gasteiger partial charge in [-0.3, -0.25) is 4.98 Å². The summed E-state index contributed by atoms with van der Waals surface area (Å²) in [4.78, 5) is 4.67. The van der Waals surface area contributed by atoms with Gasteiger partial charge in [-0.1, -0.05) is 43.7 Å². The van der Waals surface area contributed by atoms with Crippen molar-refractivity contribution in [3.63, 3.8) is 0 Å². The molecule has 3 aromatic rings. The van der Waals surface area contributed by atoms with Crippen LogP contribution in [0.4, 0.5) is 11.4 Å². The van der Waals surface area contributed by atoms with E-state index in [2.05, 4.69) is 42.3 Å². The molecular weight excluding hydrogens is 324 g/mol. The molecule has 4 nitrogen and oxygen atoms in total. The molecule has 0 aliphatic rings. The molecule has 4 heteroatoms. The van der Waals surface area contributed by atoms with Crippen LogP contribution < -0.4 is 10.1 Å². The van der Waals surface area contributed by atoms with Crippen LogP contribution in [0.1, 0.15) is 30.9 Å². The number of para-hydroxylation sites is 2. The van der Waals surface area contributed by atoms with E-state index >= 15 is 0 Å². The number of aromatic nitrogens is 1. The van der Waals surface area contributed by atoms with Crippen molar-refractivity contribution in [3.05, 3.63) is 59.8 Å². The van der Waals surface area contributed by atoms with Crippen molar-refractivity contribution < 1.29 is 9.84 Å². The fraction of sp³-hybridized carbons (Fsp3) is 0.318. The van der Waals surface area contributed by atoms with Gasteiger partial charge in [-0.2, -0.15) is 0 Å². The minimum absolute atomic E-state index is 0.0146. The SMILES string of the molecule is CCCCc1cnc2c(OCCO)cccc2c1Nc1ccccc1C. The van der Waals surface area contributed by atoms with E-state index in [1.54, 1.807) is 0 Å². The van der Waals surface area contributed by atoms with E-state index in [1.165, 1.54) is 11.1 Å². The Labute approximate surface area is 154 Å². The molecular formula is C22H26N2O2. The number of nitrogens with zero attached hydrogens (tertiary/aromatic N) is 1. The molecule has 0 atom stereocenters. The second-order valence-electron chi connectivity index (χ2n) is 6.43. The van der Waals surface area contributed by atoms with Gasteiger partial charge in [0.15, 0.2) is 0 Å². The highest BCUT2D eigenvalue weighted by Crippen LogP contribution is 2.34. The standard InChI is InChI=1S/C22H26N2O2/c1-3-4-9-17-15-23-22-18(10-7-12-20(22)26-14-13-25)21(17)24-19-11-6-5-8-16(19)2/h5-8,10-12,15,25H,3-4,9,13-14H2,1-2H3,(H,23,24). The number of aliphatic hydroxyl groups is 1. The zero-order valence-electron chi connectivity index (χ0n) is 15.5. The molecule has 0 radical (unpaired) electrons. The Morgan fingerprint density at radius 3 is 2.73 bits per heavy atom. The summed E-state index contributed by atoms with van der Waals surface area (Å²) in [6.45, 7) is 4.55. The van der Waals surface area contributed by atoms with Crippen LogP contribution in [0.3, 0.4) is 0 Å². The number of nitrogens with one attached hydrogen (secondary N) is 1. The smallest absolute Gasteiger partial charge is 0.145 e. The molecule has 0 amide bonds. The van der Waals surface area contributed by atoms with E-state index in [0.29, 0.717) is 5.75 Å². The van der Waals surface area contributed by atoms with Crippen molar-refractivity contribution in [2.24, 2.45) is 0 Å². The highest BCUT2D eigenvalue weighted by molar-refractivity contribution is 5.97. The number of aliphatic hydroxyl groups excluding tert-OH is 1. The predicted octanol–water partition coefficient (Wildman–Crippen LogP) is 5.00. The first-order chi connectivity index (χ1) is 12.7. The summed E-state index contributed by atoms with van der Waals surface area (Å²) in [6, 6.07) is 14.2. The molecule has 0 unspecified atom stereocenters. The second-order valence-corrected chi connectivity index (χ2v) is 6.43. The lowest BCUT2D eigenvalue weighted by atomic mass is 10.0. The Balaban J connectivity index is 2.10. The lowest BCUT2D eigenvalue weighted by molar-refractivity contribution is 0.202. The Kier molecular flexibility index (Phi) is 6.08. The molecule has 26 heavy (non-hydrogen) atoms. The average Bonchev–Trinajstić information content (AvgIpc) is 2.67. The van der Waals surface area contributed by atoms with Crippen molar-refractivity contribution in [2.45, 2.75) is 33.1 Å².